The summed E-state index contributed by atoms with van der Waals surface area (Å²) in [6.45, 7) is 3.31. The molecule has 22 heavy (non-hydrogen) atoms. The molecule has 2 rings (SSSR count). The van der Waals surface area contributed by atoms with Crippen LogP contribution in [0, 0.1) is 0 Å². The third kappa shape index (κ3) is 3.19. The monoisotopic (exact) mass is 306 g/mol. The number of carbonyl (C=O) groups excluding carboxylic acids is 1. The van der Waals surface area contributed by atoms with Crippen LogP contribution in [0.2, 0.25) is 0 Å². The summed E-state index contributed by atoms with van der Waals surface area (Å²) in [6, 6.07) is 3.17. The van der Waals surface area contributed by atoms with E-state index in [-0.39, 0.29) is 18.2 Å². The molecule has 0 radical (unpaired) electrons. The van der Waals surface area contributed by atoms with Gasteiger partial charge in [-0.05, 0) is 19.9 Å². The fraction of sp³-hybridized carbons (Fsp3) is 0.400. The molecule has 0 spiro atoms. The quantitative estimate of drug-likeness (QED) is 0.776. The van der Waals surface area contributed by atoms with Crippen LogP contribution in [0.3, 0.4) is 0 Å². The third-order valence-corrected chi connectivity index (χ3v) is 3.00. The van der Waals surface area contributed by atoms with E-state index < -0.39 is 5.97 Å². The number of benzene rings is 1. The maximum Gasteiger partial charge on any atom is 0.326 e. The van der Waals surface area contributed by atoms with Gasteiger partial charge in [0.15, 0.2) is 11.5 Å². The van der Waals surface area contributed by atoms with Crippen LogP contribution in [0.5, 0.6) is 11.5 Å². The highest BCUT2D eigenvalue weighted by atomic mass is 16.5. The standard InChI is InChI=1S/C15H18N2O5/c1-9(2)22-14(18)7-17-8-16-11-6-13(21-4)12(20-3)5-10(11)15(17)19/h5-6,8-9H,7H2,1-4H3. The number of carbonyl (C=O) groups is 1. The van der Waals surface area contributed by atoms with Crippen LogP contribution in [0.15, 0.2) is 23.3 Å². The van der Waals surface area contributed by atoms with Gasteiger partial charge in [0, 0.05) is 6.07 Å². The minimum atomic E-state index is -0.487. The summed E-state index contributed by atoms with van der Waals surface area (Å²) >= 11 is 0. The van der Waals surface area contributed by atoms with Crippen molar-refractivity contribution in [2.24, 2.45) is 0 Å². The first-order valence-electron chi connectivity index (χ1n) is 6.77. The van der Waals surface area contributed by atoms with Gasteiger partial charge in [-0.2, -0.15) is 0 Å². The van der Waals surface area contributed by atoms with E-state index in [9.17, 15) is 9.59 Å². The molecule has 0 amide bonds. The lowest BCUT2D eigenvalue weighted by atomic mass is 10.2. The number of hydrogen-bond acceptors (Lipinski definition) is 6. The number of fused-ring (bicyclic) bond motifs is 1. The Labute approximate surface area is 127 Å². The summed E-state index contributed by atoms with van der Waals surface area (Å²) in [6.07, 6.45) is 1.08. The first-order chi connectivity index (χ1) is 10.5. The SMILES string of the molecule is COc1cc2ncn(CC(=O)OC(C)C)c(=O)c2cc1OC. The van der Waals surface area contributed by atoms with Crippen LogP contribution in [0.25, 0.3) is 10.9 Å². The third-order valence-electron chi connectivity index (χ3n) is 3.00. The van der Waals surface area contributed by atoms with Crippen LogP contribution >= 0.6 is 0 Å². The Morgan fingerprint density at radius 1 is 1.23 bits per heavy atom. The van der Waals surface area contributed by atoms with Gasteiger partial charge in [0.2, 0.25) is 0 Å². The zero-order valence-electron chi connectivity index (χ0n) is 13.0. The van der Waals surface area contributed by atoms with E-state index in [0.717, 1.165) is 0 Å². The fourth-order valence-corrected chi connectivity index (χ4v) is 2.04. The van der Waals surface area contributed by atoms with E-state index in [1.54, 1.807) is 26.0 Å². The van der Waals surface area contributed by atoms with E-state index in [4.69, 9.17) is 14.2 Å². The van der Waals surface area contributed by atoms with Gasteiger partial charge in [0.05, 0.1) is 37.6 Å². The first-order valence-corrected chi connectivity index (χ1v) is 6.77. The molecule has 0 unspecified atom stereocenters. The normalized spacial score (nSPS) is 10.8. The van der Waals surface area contributed by atoms with Crippen molar-refractivity contribution in [3.63, 3.8) is 0 Å². The van der Waals surface area contributed by atoms with Crippen LogP contribution in [0.1, 0.15) is 13.8 Å². The van der Waals surface area contributed by atoms with Crippen molar-refractivity contribution in [3.05, 3.63) is 28.8 Å². The van der Waals surface area contributed by atoms with Crippen molar-refractivity contribution in [2.75, 3.05) is 14.2 Å². The second-order valence-corrected chi connectivity index (χ2v) is 4.94. The average molecular weight is 306 g/mol. The lowest BCUT2D eigenvalue weighted by molar-refractivity contribution is -0.148. The Morgan fingerprint density at radius 2 is 1.86 bits per heavy atom. The molecule has 7 heteroatoms. The van der Waals surface area contributed by atoms with Crippen molar-refractivity contribution in [1.82, 2.24) is 9.55 Å². The molecule has 118 valence electrons. The largest absolute Gasteiger partial charge is 0.493 e. The van der Waals surface area contributed by atoms with Gasteiger partial charge < -0.3 is 14.2 Å². The summed E-state index contributed by atoms with van der Waals surface area (Å²) in [4.78, 5) is 28.3. The van der Waals surface area contributed by atoms with Gasteiger partial charge in [-0.25, -0.2) is 4.98 Å². The van der Waals surface area contributed by atoms with Crippen molar-refractivity contribution in [3.8, 4) is 11.5 Å². The molecular weight excluding hydrogens is 288 g/mol. The summed E-state index contributed by atoms with van der Waals surface area (Å²) in [5.41, 5.74) is 0.128. The number of ether oxygens (including phenoxy) is 3. The molecule has 0 aliphatic rings. The Hall–Kier alpha value is -2.57. The number of aromatic nitrogens is 2. The highest BCUT2D eigenvalue weighted by Gasteiger charge is 2.13. The van der Waals surface area contributed by atoms with E-state index in [0.29, 0.717) is 22.4 Å². The van der Waals surface area contributed by atoms with Crippen LogP contribution in [-0.4, -0.2) is 35.8 Å². The average Bonchev–Trinajstić information content (AvgIpc) is 2.48. The lowest BCUT2D eigenvalue weighted by Crippen LogP contribution is -2.27. The number of nitrogens with zero attached hydrogens (tertiary/aromatic N) is 2. The molecular formula is C15H18N2O5. The van der Waals surface area contributed by atoms with Crippen LogP contribution in [0.4, 0.5) is 0 Å². The molecule has 0 aliphatic heterocycles. The van der Waals surface area contributed by atoms with Crippen LogP contribution in [-0.2, 0) is 16.1 Å². The fourth-order valence-electron chi connectivity index (χ4n) is 2.04. The van der Waals surface area contributed by atoms with E-state index >= 15 is 0 Å². The van der Waals surface area contributed by atoms with Gasteiger partial charge in [0.1, 0.15) is 6.54 Å². The Balaban J connectivity index is 2.45. The Bertz CT molecular complexity index is 751. The maximum atomic E-state index is 12.4. The second kappa shape index (κ2) is 6.46. The van der Waals surface area contributed by atoms with E-state index in [1.165, 1.54) is 25.1 Å². The second-order valence-electron chi connectivity index (χ2n) is 4.94. The molecule has 1 aromatic heterocycles. The minimum absolute atomic E-state index is 0.186. The van der Waals surface area contributed by atoms with Crippen molar-refractivity contribution in [2.45, 2.75) is 26.5 Å². The van der Waals surface area contributed by atoms with Crippen molar-refractivity contribution >= 4 is 16.9 Å². The zero-order valence-corrected chi connectivity index (χ0v) is 13.0. The number of esters is 1. The highest BCUT2D eigenvalue weighted by Crippen LogP contribution is 2.29. The molecule has 0 saturated heterocycles. The molecule has 0 atom stereocenters. The topological polar surface area (TPSA) is 79.7 Å². The summed E-state index contributed by atoms with van der Waals surface area (Å²) in [5, 5.41) is 0.345. The molecule has 0 saturated carbocycles. The molecule has 7 nitrogen and oxygen atoms in total. The van der Waals surface area contributed by atoms with Gasteiger partial charge in [0.25, 0.3) is 5.56 Å². The van der Waals surface area contributed by atoms with Crippen molar-refractivity contribution < 1.29 is 19.0 Å². The Morgan fingerprint density at radius 3 is 2.45 bits per heavy atom. The summed E-state index contributed by atoms with van der Waals surface area (Å²) in [5.74, 6) is 0.425. The molecule has 0 aliphatic carbocycles. The van der Waals surface area contributed by atoms with Gasteiger partial charge in [-0.1, -0.05) is 0 Å². The van der Waals surface area contributed by atoms with Crippen molar-refractivity contribution in [1.29, 1.82) is 0 Å². The van der Waals surface area contributed by atoms with E-state index in [1.807, 2.05) is 0 Å². The minimum Gasteiger partial charge on any atom is -0.493 e. The summed E-state index contributed by atoms with van der Waals surface area (Å²) < 4.78 is 16.6. The first kappa shape index (κ1) is 15.8. The molecule has 1 heterocycles. The molecule has 0 bridgehead atoms. The molecule has 2 aromatic rings. The maximum absolute atomic E-state index is 12.4. The number of rotatable bonds is 5. The molecule has 1 aromatic carbocycles. The predicted octanol–water partition coefficient (Wildman–Crippen LogP) is 1.37. The van der Waals surface area contributed by atoms with Gasteiger partial charge in [-0.3, -0.25) is 14.2 Å². The Kier molecular flexibility index (Phi) is 4.65. The zero-order chi connectivity index (χ0) is 16.3. The number of methoxy groups -OCH3 is 2. The van der Waals surface area contributed by atoms with Crippen LogP contribution < -0.4 is 15.0 Å². The van der Waals surface area contributed by atoms with Gasteiger partial charge >= 0.3 is 5.97 Å². The van der Waals surface area contributed by atoms with Gasteiger partial charge in [-0.15, -0.1) is 0 Å². The summed E-state index contributed by atoms with van der Waals surface area (Å²) in [7, 11) is 2.99. The highest BCUT2D eigenvalue weighted by molar-refractivity contribution is 5.82. The lowest BCUT2D eigenvalue weighted by Gasteiger charge is -2.11. The smallest absolute Gasteiger partial charge is 0.326 e. The molecule has 0 fully saturated rings. The van der Waals surface area contributed by atoms with E-state index in [2.05, 4.69) is 4.98 Å². The molecule has 0 N–H and O–H groups in total. The number of hydrogen-bond donors (Lipinski definition) is 0. The predicted molar refractivity (Wildman–Crippen MR) is 80.3 cm³/mol.